The van der Waals surface area contributed by atoms with Crippen molar-refractivity contribution >= 4 is 11.8 Å². The van der Waals surface area contributed by atoms with Crippen LogP contribution in [0.1, 0.15) is 52.9 Å². The van der Waals surface area contributed by atoms with Gasteiger partial charge in [0.2, 0.25) is 0 Å². The van der Waals surface area contributed by atoms with Crippen molar-refractivity contribution in [3.63, 3.8) is 0 Å². The Bertz CT molecular complexity index is 490. The highest BCUT2D eigenvalue weighted by molar-refractivity contribution is 6.03. The maximum Gasteiger partial charge on any atom is 0.355 e. The standard InChI is InChI=1S/C15H24N2O3/c1-6-20-15(19)14-10(4)13(11(5)17-14)12(18)8-16-7-9(2)3/h9,16-17H,6-8H2,1-5H3. The fraction of sp³-hybridized carbons (Fsp3) is 0.600. The van der Waals surface area contributed by atoms with Crippen molar-refractivity contribution in [2.24, 2.45) is 5.92 Å². The van der Waals surface area contributed by atoms with Crippen LogP contribution in [0.5, 0.6) is 0 Å². The Morgan fingerprint density at radius 1 is 1.30 bits per heavy atom. The van der Waals surface area contributed by atoms with Gasteiger partial charge < -0.3 is 15.0 Å². The molecule has 0 unspecified atom stereocenters. The van der Waals surface area contributed by atoms with Gasteiger partial charge in [-0.25, -0.2) is 4.79 Å². The molecule has 0 saturated carbocycles. The zero-order chi connectivity index (χ0) is 15.3. The van der Waals surface area contributed by atoms with E-state index in [0.29, 0.717) is 35.0 Å². The number of nitrogens with one attached hydrogen (secondary N) is 2. The van der Waals surface area contributed by atoms with Gasteiger partial charge in [-0.1, -0.05) is 13.8 Å². The third-order valence-corrected chi connectivity index (χ3v) is 3.03. The molecule has 0 fully saturated rings. The van der Waals surface area contributed by atoms with Crippen molar-refractivity contribution in [1.82, 2.24) is 10.3 Å². The molecule has 0 spiro atoms. The lowest BCUT2D eigenvalue weighted by Crippen LogP contribution is -2.27. The van der Waals surface area contributed by atoms with Crippen molar-refractivity contribution in [2.45, 2.75) is 34.6 Å². The van der Waals surface area contributed by atoms with Crippen molar-refractivity contribution in [3.05, 3.63) is 22.5 Å². The number of ketones is 1. The number of hydrogen-bond acceptors (Lipinski definition) is 4. The maximum atomic E-state index is 12.2. The highest BCUT2D eigenvalue weighted by Crippen LogP contribution is 2.19. The lowest BCUT2D eigenvalue weighted by molar-refractivity contribution is 0.0519. The number of carbonyl (C=O) groups is 2. The van der Waals surface area contributed by atoms with Crippen LogP contribution in [0.2, 0.25) is 0 Å². The molecule has 0 amide bonds. The van der Waals surface area contributed by atoms with Gasteiger partial charge in [0.25, 0.3) is 0 Å². The molecule has 1 aromatic rings. The molecule has 0 radical (unpaired) electrons. The Labute approximate surface area is 120 Å². The van der Waals surface area contributed by atoms with Crippen molar-refractivity contribution in [1.29, 1.82) is 0 Å². The lowest BCUT2D eigenvalue weighted by atomic mass is 10.1. The smallest absolute Gasteiger partial charge is 0.355 e. The van der Waals surface area contributed by atoms with Gasteiger partial charge in [0, 0.05) is 11.3 Å². The number of aromatic amines is 1. The first kappa shape index (κ1) is 16.4. The molecule has 0 aliphatic heterocycles. The number of aryl methyl sites for hydroxylation is 1. The van der Waals surface area contributed by atoms with E-state index in [1.54, 1.807) is 20.8 Å². The fourth-order valence-corrected chi connectivity index (χ4v) is 2.14. The predicted octanol–water partition coefficient (Wildman–Crippen LogP) is 2.24. The second kappa shape index (κ2) is 7.24. The Morgan fingerprint density at radius 2 is 1.95 bits per heavy atom. The molecule has 20 heavy (non-hydrogen) atoms. The van der Waals surface area contributed by atoms with Crippen LogP contribution in [-0.4, -0.2) is 36.4 Å². The Morgan fingerprint density at radius 3 is 2.50 bits per heavy atom. The van der Waals surface area contributed by atoms with Crippen LogP contribution in [0.4, 0.5) is 0 Å². The van der Waals surface area contributed by atoms with E-state index in [4.69, 9.17) is 4.74 Å². The topological polar surface area (TPSA) is 71.2 Å². The number of H-pyrrole nitrogens is 1. The minimum absolute atomic E-state index is 0.00699. The normalized spacial score (nSPS) is 10.9. The van der Waals surface area contributed by atoms with E-state index in [2.05, 4.69) is 24.1 Å². The van der Waals surface area contributed by atoms with E-state index >= 15 is 0 Å². The summed E-state index contributed by atoms with van der Waals surface area (Å²) in [7, 11) is 0. The number of rotatable bonds is 7. The zero-order valence-corrected chi connectivity index (χ0v) is 12.9. The van der Waals surface area contributed by atoms with Crippen molar-refractivity contribution < 1.29 is 14.3 Å². The highest BCUT2D eigenvalue weighted by atomic mass is 16.5. The van der Waals surface area contributed by atoms with E-state index in [9.17, 15) is 9.59 Å². The van der Waals surface area contributed by atoms with Gasteiger partial charge in [0.1, 0.15) is 5.69 Å². The van der Waals surface area contributed by atoms with Crippen molar-refractivity contribution in [3.8, 4) is 0 Å². The van der Waals surface area contributed by atoms with Crippen LogP contribution in [0.3, 0.4) is 0 Å². The van der Waals surface area contributed by atoms with Gasteiger partial charge in [0.05, 0.1) is 13.2 Å². The van der Waals surface area contributed by atoms with E-state index in [1.165, 1.54) is 0 Å². The quantitative estimate of drug-likeness (QED) is 0.593. The predicted molar refractivity (Wildman–Crippen MR) is 78.3 cm³/mol. The van der Waals surface area contributed by atoms with Crippen LogP contribution in [-0.2, 0) is 4.74 Å². The second-order valence-corrected chi connectivity index (χ2v) is 5.29. The van der Waals surface area contributed by atoms with Crippen LogP contribution in [0.25, 0.3) is 0 Å². The maximum absolute atomic E-state index is 12.2. The highest BCUT2D eigenvalue weighted by Gasteiger charge is 2.22. The molecule has 0 aliphatic carbocycles. The van der Waals surface area contributed by atoms with E-state index in [-0.39, 0.29) is 12.3 Å². The van der Waals surface area contributed by atoms with Crippen molar-refractivity contribution in [2.75, 3.05) is 19.7 Å². The van der Waals surface area contributed by atoms with E-state index in [1.807, 2.05) is 0 Å². The van der Waals surface area contributed by atoms with Crippen LogP contribution in [0.15, 0.2) is 0 Å². The van der Waals surface area contributed by atoms with Gasteiger partial charge >= 0.3 is 5.97 Å². The third kappa shape index (κ3) is 3.93. The van der Waals surface area contributed by atoms with Crippen LogP contribution < -0.4 is 5.32 Å². The molecule has 5 heteroatoms. The molecule has 0 atom stereocenters. The summed E-state index contributed by atoms with van der Waals surface area (Å²) in [4.78, 5) is 27.0. The zero-order valence-electron chi connectivity index (χ0n) is 12.9. The lowest BCUT2D eigenvalue weighted by Gasteiger charge is -2.07. The minimum atomic E-state index is -0.415. The van der Waals surface area contributed by atoms with E-state index in [0.717, 1.165) is 6.54 Å². The average molecular weight is 280 g/mol. The molecule has 1 aromatic heterocycles. The van der Waals surface area contributed by atoms with Gasteiger partial charge in [-0.05, 0) is 38.8 Å². The molecular weight excluding hydrogens is 256 g/mol. The van der Waals surface area contributed by atoms with Gasteiger partial charge in [-0.15, -0.1) is 0 Å². The number of Topliss-reactive ketones (excluding diaryl/α,β-unsaturated/α-hetero) is 1. The first-order valence-corrected chi connectivity index (χ1v) is 6.98. The molecule has 112 valence electrons. The molecule has 0 bridgehead atoms. The molecule has 2 N–H and O–H groups in total. The Kier molecular flexibility index (Phi) is 5.95. The monoisotopic (exact) mass is 280 g/mol. The molecule has 5 nitrogen and oxygen atoms in total. The summed E-state index contributed by atoms with van der Waals surface area (Å²) in [6.07, 6.45) is 0. The summed E-state index contributed by atoms with van der Waals surface area (Å²) in [6.45, 7) is 10.9. The van der Waals surface area contributed by atoms with Crippen LogP contribution >= 0.6 is 0 Å². The molecule has 1 heterocycles. The third-order valence-electron chi connectivity index (χ3n) is 3.03. The summed E-state index contributed by atoms with van der Waals surface area (Å²) in [6, 6.07) is 0. The summed E-state index contributed by atoms with van der Waals surface area (Å²) in [5, 5.41) is 3.12. The summed E-state index contributed by atoms with van der Waals surface area (Å²) in [5.41, 5.74) is 2.33. The molecule has 0 aliphatic rings. The minimum Gasteiger partial charge on any atom is -0.461 e. The average Bonchev–Trinajstić information content (AvgIpc) is 2.64. The summed E-state index contributed by atoms with van der Waals surface area (Å²) >= 11 is 0. The number of ether oxygens (including phenoxy) is 1. The van der Waals surface area contributed by atoms with E-state index < -0.39 is 5.97 Å². The largest absolute Gasteiger partial charge is 0.461 e. The first-order valence-electron chi connectivity index (χ1n) is 6.98. The summed E-state index contributed by atoms with van der Waals surface area (Å²) in [5.74, 6) is 0.0704. The van der Waals surface area contributed by atoms with Gasteiger partial charge in [0.15, 0.2) is 5.78 Å². The fourth-order valence-electron chi connectivity index (χ4n) is 2.14. The molecular formula is C15H24N2O3. The molecule has 0 saturated heterocycles. The van der Waals surface area contributed by atoms with Gasteiger partial charge in [-0.2, -0.15) is 0 Å². The number of aromatic nitrogens is 1. The number of hydrogen-bond donors (Lipinski definition) is 2. The SMILES string of the molecule is CCOC(=O)c1[nH]c(C)c(C(=O)CNCC(C)C)c1C. The first-order chi connectivity index (χ1) is 9.38. The van der Waals surface area contributed by atoms with Gasteiger partial charge in [-0.3, -0.25) is 4.79 Å². The molecule has 0 aromatic carbocycles. The summed E-state index contributed by atoms with van der Waals surface area (Å²) < 4.78 is 4.97. The Hall–Kier alpha value is -1.62. The number of esters is 1. The Balaban J connectivity index is 2.85. The molecule has 1 rings (SSSR count). The van der Waals surface area contributed by atoms with Crippen LogP contribution in [0, 0.1) is 19.8 Å². The second-order valence-electron chi connectivity index (χ2n) is 5.29. The number of carbonyl (C=O) groups excluding carboxylic acids is 2.